The molecule has 0 saturated carbocycles. The van der Waals surface area contributed by atoms with Gasteiger partial charge in [-0.2, -0.15) is 0 Å². The van der Waals surface area contributed by atoms with Crippen molar-refractivity contribution in [1.29, 1.82) is 0 Å². The van der Waals surface area contributed by atoms with Gasteiger partial charge in [-0.15, -0.1) is 0 Å². The highest BCUT2D eigenvalue weighted by molar-refractivity contribution is 5.98. The second-order valence-corrected chi connectivity index (χ2v) is 7.98. The Morgan fingerprint density at radius 1 is 1.03 bits per heavy atom. The molecule has 0 spiro atoms. The molecular weight excluding hydrogens is 388 g/mol. The van der Waals surface area contributed by atoms with E-state index in [0.29, 0.717) is 13.2 Å². The van der Waals surface area contributed by atoms with E-state index in [1.54, 1.807) is 12.5 Å². The Balaban J connectivity index is 1.60. The Labute approximate surface area is 179 Å². The normalized spacial score (nSPS) is 16.9. The Bertz CT molecular complexity index is 1370. The van der Waals surface area contributed by atoms with Crippen LogP contribution in [0.4, 0.5) is 5.82 Å². The third kappa shape index (κ3) is 3.07. The third-order valence-electron chi connectivity index (χ3n) is 6.01. The summed E-state index contributed by atoms with van der Waals surface area (Å²) in [6.07, 6.45) is 5.42. The molecule has 1 atom stereocenters. The van der Waals surface area contributed by atoms with Gasteiger partial charge in [0.15, 0.2) is 5.82 Å². The molecule has 2 aromatic carbocycles. The molecule has 154 valence electrons. The van der Waals surface area contributed by atoms with Crippen LogP contribution in [0.15, 0.2) is 71.7 Å². The van der Waals surface area contributed by atoms with Crippen LogP contribution in [0.5, 0.6) is 0 Å². The second kappa shape index (κ2) is 7.25. The zero-order valence-electron chi connectivity index (χ0n) is 17.2. The van der Waals surface area contributed by atoms with E-state index in [4.69, 9.17) is 19.1 Å². The van der Waals surface area contributed by atoms with Crippen LogP contribution >= 0.6 is 0 Å². The van der Waals surface area contributed by atoms with Crippen LogP contribution in [-0.2, 0) is 4.74 Å². The zero-order valence-corrected chi connectivity index (χ0v) is 17.2. The lowest BCUT2D eigenvalue weighted by molar-refractivity contribution is 0.0987. The number of hydrogen-bond donors (Lipinski definition) is 1. The largest absolute Gasteiger partial charge is 0.472 e. The molecule has 1 aliphatic heterocycles. The maximum Gasteiger partial charge on any atom is 0.162 e. The summed E-state index contributed by atoms with van der Waals surface area (Å²) in [6, 6.07) is 16.8. The number of anilines is 1. The summed E-state index contributed by atoms with van der Waals surface area (Å²) >= 11 is 0. The lowest BCUT2D eigenvalue weighted by atomic mass is 10.0. The average molecular weight is 410 g/mol. The monoisotopic (exact) mass is 410 g/mol. The van der Waals surface area contributed by atoms with Crippen molar-refractivity contribution in [2.45, 2.75) is 13.0 Å². The smallest absolute Gasteiger partial charge is 0.162 e. The first kappa shape index (κ1) is 18.2. The molecule has 6 nitrogen and oxygen atoms in total. The van der Waals surface area contributed by atoms with Gasteiger partial charge in [0.05, 0.1) is 37.3 Å². The minimum absolute atomic E-state index is 0.236. The van der Waals surface area contributed by atoms with Crippen molar-refractivity contribution in [2.75, 3.05) is 24.7 Å². The first-order valence-electron chi connectivity index (χ1n) is 10.5. The van der Waals surface area contributed by atoms with Crippen LogP contribution in [-0.4, -0.2) is 40.8 Å². The molecule has 5 aromatic rings. The van der Waals surface area contributed by atoms with E-state index in [2.05, 4.69) is 53.2 Å². The van der Waals surface area contributed by atoms with Gasteiger partial charge in [0, 0.05) is 40.2 Å². The van der Waals surface area contributed by atoms with E-state index >= 15 is 0 Å². The molecule has 0 bridgehead atoms. The maximum atomic E-state index is 5.69. The van der Waals surface area contributed by atoms with Crippen LogP contribution in [0.25, 0.3) is 44.3 Å². The van der Waals surface area contributed by atoms with Gasteiger partial charge in [-0.05, 0) is 42.8 Å². The Hall–Kier alpha value is -3.64. The number of benzene rings is 2. The van der Waals surface area contributed by atoms with Gasteiger partial charge >= 0.3 is 0 Å². The van der Waals surface area contributed by atoms with Crippen LogP contribution in [0.2, 0.25) is 0 Å². The van der Waals surface area contributed by atoms with Gasteiger partial charge in [-0.25, -0.2) is 9.97 Å². The Morgan fingerprint density at radius 3 is 2.87 bits per heavy atom. The summed E-state index contributed by atoms with van der Waals surface area (Å²) in [4.78, 5) is 15.7. The number of H-pyrrole nitrogens is 1. The minimum atomic E-state index is 0.236. The highest BCUT2D eigenvalue weighted by Gasteiger charge is 2.24. The van der Waals surface area contributed by atoms with Crippen molar-refractivity contribution in [1.82, 2.24) is 15.0 Å². The number of morpholine rings is 1. The molecular formula is C25H22N4O2. The molecule has 0 amide bonds. The molecule has 1 saturated heterocycles. The molecule has 0 aliphatic carbocycles. The fraction of sp³-hybridized carbons (Fsp3) is 0.200. The number of rotatable bonds is 3. The number of aromatic nitrogens is 3. The van der Waals surface area contributed by atoms with Crippen LogP contribution in [0.1, 0.15) is 6.92 Å². The van der Waals surface area contributed by atoms with Gasteiger partial charge in [-0.1, -0.05) is 18.2 Å². The molecule has 1 aliphatic rings. The second-order valence-electron chi connectivity index (χ2n) is 7.98. The minimum Gasteiger partial charge on any atom is -0.472 e. The topological polar surface area (TPSA) is 67.2 Å². The van der Waals surface area contributed by atoms with Crippen molar-refractivity contribution in [2.24, 2.45) is 0 Å². The molecule has 31 heavy (non-hydrogen) atoms. The standard InChI is InChI=1S/C25H22N4O2/c1-16-14-31-12-10-29(16)25-21-13-17(18-8-11-30-15-18)5-6-23(21)27-24(28-25)20-3-2-4-22-19(20)7-9-26-22/h2-9,11,13,15-16,26H,10,12,14H2,1H3/t16-/m1/s1. The van der Waals surface area contributed by atoms with E-state index < -0.39 is 0 Å². The van der Waals surface area contributed by atoms with Gasteiger partial charge < -0.3 is 19.0 Å². The van der Waals surface area contributed by atoms with E-state index in [9.17, 15) is 0 Å². The van der Waals surface area contributed by atoms with Gasteiger partial charge in [0.2, 0.25) is 0 Å². The van der Waals surface area contributed by atoms with Crippen molar-refractivity contribution in [3.63, 3.8) is 0 Å². The number of nitrogens with one attached hydrogen (secondary N) is 1. The van der Waals surface area contributed by atoms with E-state index in [0.717, 1.165) is 56.7 Å². The molecule has 1 N–H and O–H groups in total. The summed E-state index contributed by atoms with van der Waals surface area (Å²) in [5.74, 6) is 1.69. The zero-order chi connectivity index (χ0) is 20.8. The van der Waals surface area contributed by atoms with E-state index in [1.165, 1.54) is 0 Å². The van der Waals surface area contributed by atoms with E-state index in [1.807, 2.05) is 18.3 Å². The van der Waals surface area contributed by atoms with Gasteiger partial charge in [-0.3, -0.25) is 0 Å². The number of aromatic amines is 1. The number of hydrogen-bond acceptors (Lipinski definition) is 5. The van der Waals surface area contributed by atoms with Crippen molar-refractivity contribution >= 4 is 27.6 Å². The molecule has 3 aromatic heterocycles. The molecule has 6 rings (SSSR count). The van der Waals surface area contributed by atoms with Crippen LogP contribution in [0.3, 0.4) is 0 Å². The Morgan fingerprint density at radius 2 is 2.00 bits per heavy atom. The fourth-order valence-electron chi connectivity index (χ4n) is 4.38. The lowest BCUT2D eigenvalue weighted by Gasteiger charge is -2.35. The van der Waals surface area contributed by atoms with Crippen LogP contribution < -0.4 is 4.90 Å². The molecule has 1 fully saturated rings. The average Bonchev–Trinajstić information content (AvgIpc) is 3.50. The highest BCUT2D eigenvalue weighted by Crippen LogP contribution is 2.34. The SMILES string of the molecule is C[C@@H]1COCCN1c1nc(-c2cccc3[nH]ccc23)nc2ccc(-c3ccoc3)cc12. The summed E-state index contributed by atoms with van der Waals surface area (Å²) in [7, 11) is 0. The predicted molar refractivity (Wildman–Crippen MR) is 122 cm³/mol. The molecule has 4 heterocycles. The lowest BCUT2D eigenvalue weighted by Crippen LogP contribution is -2.44. The predicted octanol–water partition coefficient (Wildman–Crippen LogP) is 5.26. The van der Waals surface area contributed by atoms with Crippen molar-refractivity contribution in [3.8, 4) is 22.5 Å². The van der Waals surface area contributed by atoms with Gasteiger partial charge in [0.1, 0.15) is 5.82 Å². The fourth-order valence-corrected chi connectivity index (χ4v) is 4.38. The first-order chi connectivity index (χ1) is 15.3. The maximum absolute atomic E-state index is 5.69. The molecule has 0 radical (unpaired) electrons. The van der Waals surface area contributed by atoms with E-state index in [-0.39, 0.29) is 6.04 Å². The summed E-state index contributed by atoms with van der Waals surface area (Å²) < 4.78 is 11.0. The summed E-state index contributed by atoms with van der Waals surface area (Å²) in [5.41, 5.74) is 5.18. The summed E-state index contributed by atoms with van der Waals surface area (Å²) in [6.45, 7) is 4.37. The molecule has 0 unspecified atom stereocenters. The third-order valence-corrected chi connectivity index (χ3v) is 6.01. The highest BCUT2D eigenvalue weighted by atomic mass is 16.5. The molecule has 6 heteroatoms. The number of nitrogens with zero attached hydrogens (tertiary/aromatic N) is 3. The quantitative estimate of drug-likeness (QED) is 0.439. The first-order valence-corrected chi connectivity index (χ1v) is 10.5. The van der Waals surface area contributed by atoms with Gasteiger partial charge in [0.25, 0.3) is 0 Å². The van der Waals surface area contributed by atoms with Crippen LogP contribution in [0, 0.1) is 0 Å². The number of ether oxygens (including phenoxy) is 1. The Kier molecular flexibility index (Phi) is 4.25. The van der Waals surface area contributed by atoms with Crippen molar-refractivity contribution < 1.29 is 9.15 Å². The number of fused-ring (bicyclic) bond motifs is 2. The summed E-state index contributed by atoms with van der Waals surface area (Å²) in [5, 5.41) is 2.16. The van der Waals surface area contributed by atoms with Crippen molar-refractivity contribution in [3.05, 3.63) is 67.3 Å². The number of furan rings is 1.